The number of rotatable bonds is 0. The Morgan fingerprint density at radius 2 is 2.08 bits per heavy atom. The molecule has 0 aliphatic heterocycles. The van der Waals surface area contributed by atoms with Gasteiger partial charge in [-0.15, -0.1) is 0 Å². The molecule has 0 saturated heterocycles. The quantitative estimate of drug-likeness (QED) is 0.679. The van der Waals surface area contributed by atoms with E-state index >= 15 is 0 Å². The molecule has 0 atom stereocenters. The second-order valence-corrected chi connectivity index (χ2v) is 4.45. The molecule has 0 radical (unpaired) electrons. The molecule has 0 aromatic heterocycles. The Kier molecular flexibility index (Phi) is 2.24. The number of halogens is 1. The molecule has 1 aromatic carbocycles. The predicted octanol–water partition coefficient (Wildman–Crippen LogP) is 3.28. The fourth-order valence-electron chi connectivity index (χ4n) is 1.97. The molecule has 0 saturated carbocycles. The van der Waals surface area contributed by atoms with E-state index in [-0.39, 0.29) is 0 Å². The molecule has 0 spiro atoms. The van der Waals surface area contributed by atoms with Crippen LogP contribution in [0.4, 0.5) is 0 Å². The van der Waals surface area contributed by atoms with Gasteiger partial charge in [-0.2, -0.15) is 0 Å². The molecule has 0 amide bonds. The first kappa shape index (κ1) is 8.95. The molecule has 2 rings (SSSR count). The van der Waals surface area contributed by atoms with Crippen molar-refractivity contribution in [3.8, 4) is 0 Å². The van der Waals surface area contributed by atoms with Crippen molar-refractivity contribution >= 4 is 21.7 Å². The van der Waals surface area contributed by atoms with Gasteiger partial charge in [0, 0.05) is 16.5 Å². The SMILES string of the molecule is Cc1cc(Br)cc2c1C(=O)CCC2. The summed E-state index contributed by atoms with van der Waals surface area (Å²) in [6.45, 7) is 2.01. The van der Waals surface area contributed by atoms with Crippen LogP contribution < -0.4 is 0 Å². The molecular formula is C11H11BrO. The lowest BCUT2D eigenvalue weighted by atomic mass is 9.88. The van der Waals surface area contributed by atoms with Crippen LogP contribution in [0.2, 0.25) is 0 Å². The highest BCUT2D eigenvalue weighted by molar-refractivity contribution is 9.10. The van der Waals surface area contributed by atoms with Gasteiger partial charge in [0.05, 0.1) is 0 Å². The van der Waals surface area contributed by atoms with Crippen LogP contribution in [0.15, 0.2) is 16.6 Å². The van der Waals surface area contributed by atoms with Crippen molar-refractivity contribution < 1.29 is 4.79 Å². The predicted molar refractivity (Wildman–Crippen MR) is 56.1 cm³/mol. The normalized spacial score (nSPS) is 15.7. The largest absolute Gasteiger partial charge is 0.294 e. The Morgan fingerprint density at radius 3 is 2.85 bits per heavy atom. The number of ketones is 1. The monoisotopic (exact) mass is 238 g/mol. The van der Waals surface area contributed by atoms with E-state index in [0.29, 0.717) is 5.78 Å². The van der Waals surface area contributed by atoms with Crippen LogP contribution in [-0.2, 0) is 6.42 Å². The number of hydrogen-bond acceptors (Lipinski definition) is 1. The van der Waals surface area contributed by atoms with Crippen LogP contribution in [-0.4, -0.2) is 5.78 Å². The van der Waals surface area contributed by atoms with Gasteiger partial charge < -0.3 is 0 Å². The van der Waals surface area contributed by atoms with Gasteiger partial charge in [0.1, 0.15) is 0 Å². The highest BCUT2D eigenvalue weighted by Crippen LogP contribution is 2.27. The summed E-state index contributed by atoms with van der Waals surface area (Å²) in [4.78, 5) is 11.6. The summed E-state index contributed by atoms with van der Waals surface area (Å²) in [5.74, 6) is 0.311. The molecule has 0 unspecified atom stereocenters. The van der Waals surface area contributed by atoms with Crippen molar-refractivity contribution in [3.63, 3.8) is 0 Å². The highest BCUT2D eigenvalue weighted by Gasteiger charge is 2.19. The van der Waals surface area contributed by atoms with Crippen LogP contribution in [0.1, 0.15) is 34.3 Å². The van der Waals surface area contributed by atoms with E-state index in [1.165, 1.54) is 5.56 Å². The van der Waals surface area contributed by atoms with Gasteiger partial charge in [0.15, 0.2) is 5.78 Å². The first-order valence-corrected chi connectivity index (χ1v) is 5.30. The van der Waals surface area contributed by atoms with Gasteiger partial charge in [-0.25, -0.2) is 0 Å². The van der Waals surface area contributed by atoms with Crippen LogP contribution in [0.25, 0.3) is 0 Å². The lowest BCUT2D eigenvalue weighted by molar-refractivity contribution is 0.0972. The van der Waals surface area contributed by atoms with Gasteiger partial charge >= 0.3 is 0 Å². The minimum absolute atomic E-state index is 0.311. The van der Waals surface area contributed by atoms with Gasteiger partial charge in [-0.05, 0) is 43.0 Å². The van der Waals surface area contributed by atoms with E-state index in [4.69, 9.17) is 0 Å². The number of benzene rings is 1. The number of carbonyl (C=O) groups excluding carboxylic acids is 1. The van der Waals surface area contributed by atoms with Crippen molar-refractivity contribution in [2.24, 2.45) is 0 Å². The van der Waals surface area contributed by atoms with Gasteiger partial charge in [0.2, 0.25) is 0 Å². The summed E-state index contributed by atoms with van der Waals surface area (Å²) < 4.78 is 1.08. The van der Waals surface area contributed by atoms with Crippen molar-refractivity contribution in [1.29, 1.82) is 0 Å². The molecule has 68 valence electrons. The molecule has 1 aliphatic carbocycles. The molecule has 0 N–H and O–H groups in total. The highest BCUT2D eigenvalue weighted by atomic mass is 79.9. The summed E-state index contributed by atoms with van der Waals surface area (Å²) >= 11 is 3.45. The minimum Gasteiger partial charge on any atom is -0.294 e. The van der Waals surface area contributed by atoms with E-state index in [0.717, 1.165) is 34.9 Å². The number of hydrogen-bond donors (Lipinski definition) is 0. The van der Waals surface area contributed by atoms with Crippen molar-refractivity contribution in [2.45, 2.75) is 26.2 Å². The number of carbonyl (C=O) groups is 1. The zero-order valence-corrected chi connectivity index (χ0v) is 9.15. The molecule has 1 nitrogen and oxygen atoms in total. The Bertz CT molecular complexity index is 369. The van der Waals surface area contributed by atoms with E-state index in [9.17, 15) is 4.79 Å². The zero-order valence-electron chi connectivity index (χ0n) is 7.56. The molecule has 0 bridgehead atoms. The lowest BCUT2D eigenvalue weighted by Crippen LogP contribution is -2.12. The lowest BCUT2D eigenvalue weighted by Gasteiger charge is -2.17. The maximum Gasteiger partial charge on any atom is 0.163 e. The third-order valence-corrected chi connectivity index (χ3v) is 2.97. The molecule has 0 heterocycles. The molecule has 1 aromatic rings. The number of fused-ring (bicyclic) bond motifs is 1. The van der Waals surface area contributed by atoms with Crippen LogP contribution in [0.3, 0.4) is 0 Å². The standard InChI is InChI=1S/C11H11BrO/c1-7-5-9(12)6-8-3-2-4-10(13)11(7)8/h5-6H,2-4H2,1H3. The first-order valence-electron chi connectivity index (χ1n) is 4.50. The van der Waals surface area contributed by atoms with Crippen molar-refractivity contribution in [2.75, 3.05) is 0 Å². The van der Waals surface area contributed by atoms with E-state index < -0.39 is 0 Å². The third kappa shape index (κ3) is 1.55. The first-order chi connectivity index (χ1) is 6.18. The summed E-state index contributed by atoms with van der Waals surface area (Å²) in [6.07, 6.45) is 2.76. The molecular weight excluding hydrogens is 228 g/mol. The fourth-order valence-corrected chi connectivity index (χ4v) is 2.59. The smallest absolute Gasteiger partial charge is 0.163 e. The summed E-state index contributed by atoms with van der Waals surface area (Å²) in [6, 6.07) is 4.08. The van der Waals surface area contributed by atoms with Gasteiger partial charge in [0.25, 0.3) is 0 Å². The van der Waals surface area contributed by atoms with Crippen LogP contribution in [0, 0.1) is 6.92 Å². The van der Waals surface area contributed by atoms with Crippen LogP contribution >= 0.6 is 15.9 Å². The second-order valence-electron chi connectivity index (χ2n) is 3.53. The summed E-state index contributed by atoms with van der Waals surface area (Å²) in [7, 11) is 0. The van der Waals surface area contributed by atoms with Crippen molar-refractivity contribution in [1.82, 2.24) is 0 Å². The fraction of sp³-hybridized carbons (Fsp3) is 0.364. The number of aryl methyl sites for hydroxylation is 2. The van der Waals surface area contributed by atoms with Crippen LogP contribution in [0.5, 0.6) is 0 Å². The second kappa shape index (κ2) is 3.26. The minimum atomic E-state index is 0.311. The summed E-state index contributed by atoms with van der Waals surface area (Å²) in [5, 5.41) is 0. The Hall–Kier alpha value is -0.630. The Labute approximate surface area is 86.3 Å². The molecule has 1 aliphatic rings. The number of Topliss-reactive ketones (excluding diaryl/α,β-unsaturated/α-hetero) is 1. The zero-order chi connectivity index (χ0) is 9.42. The van der Waals surface area contributed by atoms with Crippen molar-refractivity contribution in [3.05, 3.63) is 33.3 Å². The topological polar surface area (TPSA) is 17.1 Å². The maximum absolute atomic E-state index is 11.6. The van der Waals surface area contributed by atoms with E-state index in [2.05, 4.69) is 22.0 Å². The Morgan fingerprint density at radius 1 is 1.31 bits per heavy atom. The average molecular weight is 239 g/mol. The molecule has 0 fully saturated rings. The van der Waals surface area contributed by atoms with Gasteiger partial charge in [-0.3, -0.25) is 4.79 Å². The molecule has 13 heavy (non-hydrogen) atoms. The average Bonchev–Trinajstić information content (AvgIpc) is 2.02. The van der Waals surface area contributed by atoms with E-state index in [1.807, 2.05) is 13.0 Å². The van der Waals surface area contributed by atoms with Gasteiger partial charge in [-0.1, -0.05) is 15.9 Å². The molecule has 2 heteroatoms. The Balaban J connectivity index is 2.63. The summed E-state index contributed by atoms with van der Waals surface area (Å²) in [5.41, 5.74) is 3.28. The third-order valence-electron chi connectivity index (χ3n) is 2.51. The van der Waals surface area contributed by atoms with E-state index in [1.54, 1.807) is 0 Å². The maximum atomic E-state index is 11.6.